The van der Waals surface area contributed by atoms with Gasteiger partial charge in [-0.3, -0.25) is 9.97 Å². The van der Waals surface area contributed by atoms with Gasteiger partial charge < -0.3 is 0 Å². The number of nitrogens with zero attached hydrogens (tertiary/aromatic N) is 2. The number of rotatable bonds is 1. The van der Waals surface area contributed by atoms with Crippen LogP contribution in [-0.2, 0) is 3.23 Å². The summed E-state index contributed by atoms with van der Waals surface area (Å²) < 4.78 is -0.245. The molecule has 0 saturated heterocycles. The van der Waals surface area contributed by atoms with Crippen molar-refractivity contribution in [1.29, 1.82) is 0 Å². The molecule has 2 nitrogen and oxygen atoms in total. The third-order valence-corrected chi connectivity index (χ3v) is 5.44. The molecule has 0 fully saturated rings. The summed E-state index contributed by atoms with van der Waals surface area (Å²) in [6.07, 6.45) is 6.76. The summed E-state index contributed by atoms with van der Waals surface area (Å²) in [5.74, 6) is 0. The topological polar surface area (TPSA) is 25.8 Å². The van der Waals surface area contributed by atoms with Crippen LogP contribution in [-0.4, -0.2) is 9.97 Å². The number of fused-ring (bicyclic) bond motifs is 2. The third-order valence-electron chi connectivity index (χ3n) is 3.94. The Kier molecular flexibility index (Phi) is 3.39. The van der Waals surface area contributed by atoms with Gasteiger partial charge in [-0.1, -0.05) is 68.3 Å². The second kappa shape index (κ2) is 5.28. The van der Waals surface area contributed by atoms with Gasteiger partial charge in [0.15, 0.2) is 0 Å². The van der Waals surface area contributed by atoms with Crippen LogP contribution in [0.1, 0.15) is 23.2 Å². The Labute approximate surface area is 145 Å². The summed E-state index contributed by atoms with van der Waals surface area (Å²) in [5.41, 5.74) is 5.45. The minimum Gasteiger partial charge on any atom is -0.256 e. The maximum atomic E-state index is 4.62. The molecule has 4 heteroatoms. The van der Waals surface area contributed by atoms with E-state index in [1.165, 1.54) is 0 Å². The number of allylic oxidation sites excluding steroid dienone is 1. The lowest BCUT2D eigenvalue weighted by Gasteiger charge is -2.28. The summed E-state index contributed by atoms with van der Waals surface area (Å²) in [7, 11) is 0. The zero-order valence-electron chi connectivity index (χ0n) is 11.6. The Bertz CT molecular complexity index is 895. The Morgan fingerprint density at radius 2 is 1.68 bits per heavy atom. The van der Waals surface area contributed by atoms with E-state index >= 15 is 0 Å². The van der Waals surface area contributed by atoms with E-state index in [0.717, 1.165) is 39.7 Å². The first-order valence-electron chi connectivity index (χ1n) is 7.05. The lowest BCUT2D eigenvalue weighted by atomic mass is 9.89. The summed E-state index contributed by atoms with van der Waals surface area (Å²) in [6.45, 7) is 0. The smallest absolute Gasteiger partial charge is 0.111 e. The van der Waals surface area contributed by atoms with Gasteiger partial charge in [-0.2, -0.15) is 0 Å². The highest BCUT2D eigenvalue weighted by Crippen LogP contribution is 2.49. The fourth-order valence-corrected chi connectivity index (χ4v) is 3.87. The van der Waals surface area contributed by atoms with E-state index in [1.807, 2.05) is 24.5 Å². The molecule has 0 radical (unpaired) electrons. The summed E-state index contributed by atoms with van der Waals surface area (Å²) in [4.78, 5) is 9.20. The number of benzene rings is 1. The van der Waals surface area contributed by atoms with Gasteiger partial charge in [0.2, 0.25) is 0 Å². The van der Waals surface area contributed by atoms with Gasteiger partial charge in [0.05, 0.1) is 11.2 Å². The molecule has 0 spiro atoms. The average Bonchev–Trinajstić information content (AvgIpc) is 2.55. The Morgan fingerprint density at radius 1 is 0.909 bits per heavy atom. The molecule has 108 valence electrons. The number of hydrogen-bond donors (Lipinski definition) is 0. The molecule has 2 aromatic heterocycles. The predicted molar refractivity (Wildman–Crippen MR) is 97.2 cm³/mol. The SMILES string of the molecule is BrC1(Br)CC=C(c2cccc3cccnc23)c2ncccc21. The highest BCUT2D eigenvalue weighted by molar-refractivity contribution is 9.24. The van der Waals surface area contributed by atoms with Gasteiger partial charge in [0.1, 0.15) is 3.23 Å². The molecule has 22 heavy (non-hydrogen) atoms. The zero-order valence-corrected chi connectivity index (χ0v) is 14.8. The van der Waals surface area contributed by atoms with E-state index in [9.17, 15) is 0 Å². The van der Waals surface area contributed by atoms with Crippen molar-refractivity contribution >= 4 is 48.3 Å². The van der Waals surface area contributed by atoms with E-state index in [0.29, 0.717) is 0 Å². The maximum absolute atomic E-state index is 4.62. The van der Waals surface area contributed by atoms with Crippen LogP contribution in [0.3, 0.4) is 0 Å². The fourth-order valence-electron chi connectivity index (χ4n) is 2.91. The number of halogens is 2. The monoisotopic (exact) mass is 414 g/mol. The first-order chi connectivity index (χ1) is 10.7. The number of alkyl halides is 2. The molecule has 0 atom stereocenters. The second-order valence-electron chi connectivity index (χ2n) is 5.31. The number of para-hydroxylation sites is 1. The minimum atomic E-state index is -0.245. The van der Waals surface area contributed by atoms with Crippen molar-refractivity contribution in [2.75, 3.05) is 0 Å². The van der Waals surface area contributed by atoms with E-state index in [4.69, 9.17) is 0 Å². The molecule has 0 aliphatic heterocycles. The zero-order chi connectivity index (χ0) is 15.2. The normalized spacial score (nSPS) is 16.2. The molecular weight excluding hydrogens is 404 g/mol. The molecule has 0 N–H and O–H groups in total. The van der Waals surface area contributed by atoms with Crippen molar-refractivity contribution in [3.63, 3.8) is 0 Å². The molecule has 0 bridgehead atoms. The number of hydrogen-bond acceptors (Lipinski definition) is 2. The largest absolute Gasteiger partial charge is 0.256 e. The first kappa shape index (κ1) is 14.1. The molecule has 2 heterocycles. The van der Waals surface area contributed by atoms with Crippen LogP contribution in [0.25, 0.3) is 16.5 Å². The standard InChI is InChI=1S/C18H12Br2N2/c19-18(20)9-8-14(17-15(18)7-3-11-22-17)13-6-1-4-12-5-2-10-21-16(12)13/h1-8,10-11H,9H2. The van der Waals surface area contributed by atoms with Gasteiger partial charge in [-0.15, -0.1) is 0 Å². The molecule has 4 rings (SSSR count). The Hall–Kier alpha value is -1.52. The van der Waals surface area contributed by atoms with Crippen LogP contribution in [0.4, 0.5) is 0 Å². The summed E-state index contributed by atoms with van der Waals surface area (Å²) in [6, 6.07) is 14.4. The van der Waals surface area contributed by atoms with Crippen LogP contribution in [0, 0.1) is 0 Å². The van der Waals surface area contributed by atoms with Gasteiger partial charge in [-0.25, -0.2) is 0 Å². The molecule has 0 saturated carbocycles. The quantitative estimate of drug-likeness (QED) is 0.496. The van der Waals surface area contributed by atoms with Crippen LogP contribution in [0.5, 0.6) is 0 Å². The van der Waals surface area contributed by atoms with Crippen molar-refractivity contribution in [3.05, 3.63) is 77.8 Å². The van der Waals surface area contributed by atoms with Gasteiger partial charge >= 0.3 is 0 Å². The van der Waals surface area contributed by atoms with E-state index in [-0.39, 0.29) is 3.23 Å². The molecule has 0 amide bonds. The predicted octanol–water partition coefficient (Wildman–Crippen LogP) is 5.41. The molecule has 1 aromatic carbocycles. The lowest BCUT2D eigenvalue weighted by Crippen LogP contribution is -2.16. The fraction of sp³-hybridized carbons (Fsp3) is 0.111. The second-order valence-corrected chi connectivity index (χ2v) is 9.08. The van der Waals surface area contributed by atoms with Crippen molar-refractivity contribution in [1.82, 2.24) is 9.97 Å². The number of pyridine rings is 2. The van der Waals surface area contributed by atoms with E-state index in [2.05, 4.69) is 78.2 Å². The van der Waals surface area contributed by atoms with Crippen molar-refractivity contribution < 1.29 is 0 Å². The van der Waals surface area contributed by atoms with Gasteiger partial charge in [0.25, 0.3) is 0 Å². The molecule has 1 aliphatic carbocycles. The number of aromatic nitrogens is 2. The molecule has 1 aliphatic rings. The van der Waals surface area contributed by atoms with Crippen LogP contribution < -0.4 is 0 Å². The average molecular weight is 416 g/mol. The third kappa shape index (κ3) is 2.22. The van der Waals surface area contributed by atoms with Crippen LogP contribution in [0.15, 0.2) is 60.9 Å². The molecular formula is C18H12Br2N2. The summed E-state index contributed by atoms with van der Waals surface area (Å²) in [5, 5.41) is 1.15. The first-order valence-corrected chi connectivity index (χ1v) is 8.63. The van der Waals surface area contributed by atoms with Crippen LogP contribution in [0.2, 0.25) is 0 Å². The minimum absolute atomic E-state index is 0.245. The van der Waals surface area contributed by atoms with E-state index in [1.54, 1.807) is 0 Å². The van der Waals surface area contributed by atoms with Crippen molar-refractivity contribution in [2.24, 2.45) is 0 Å². The van der Waals surface area contributed by atoms with E-state index < -0.39 is 0 Å². The Balaban J connectivity index is 1.99. The highest BCUT2D eigenvalue weighted by atomic mass is 79.9. The van der Waals surface area contributed by atoms with Crippen molar-refractivity contribution in [2.45, 2.75) is 9.65 Å². The Morgan fingerprint density at radius 3 is 2.59 bits per heavy atom. The van der Waals surface area contributed by atoms with Crippen LogP contribution >= 0.6 is 31.9 Å². The van der Waals surface area contributed by atoms with Gasteiger partial charge in [-0.05, 0) is 18.6 Å². The maximum Gasteiger partial charge on any atom is 0.111 e. The van der Waals surface area contributed by atoms with Crippen molar-refractivity contribution in [3.8, 4) is 0 Å². The highest BCUT2D eigenvalue weighted by Gasteiger charge is 2.33. The van der Waals surface area contributed by atoms with Gasteiger partial charge in [0, 0.05) is 34.5 Å². The lowest BCUT2D eigenvalue weighted by molar-refractivity contribution is 0.897. The molecule has 0 unspecified atom stereocenters. The summed E-state index contributed by atoms with van der Waals surface area (Å²) >= 11 is 7.51. The molecule has 3 aromatic rings.